The molecule has 3 rings (SSSR count). The number of para-hydroxylation sites is 1. The van der Waals surface area contributed by atoms with Gasteiger partial charge in [0.25, 0.3) is 0 Å². The van der Waals surface area contributed by atoms with Crippen molar-refractivity contribution in [2.45, 2.75) is 18.0 Å². The number of halogens is 2. The molecule has 1 N–H and O–H groups in total. The molecule has 0 aliphatic carbocycles. The predicted molar refractivity (Wildman–Crippen MR) is 103 cm³/mol. The minimum atomic E-state index is -0.208. The number of nitrogens with zero attached hydrogens (tertiary/aromatic N) is 2. The SMILES string of the molecule is CC(NC(=O)CSc1ncnc2ccccc12)c1ccc(Cl)cc1Cl. The molecule has 1 atom stereocenters. The van der Waals surface area contributed by atoms with Crippen molar-refractivity contribution in [3.63, 3.8) is 0 Å². The maximum absolute atomic E-state index is 12.3. The van der Waals surface area contributed by atoms with Gasteiger partial charge in [0.2, 0.25) is 5.91 Å². The molecule has 1 heterocycles. The molecular formula is C18H15Cl2N3OS. The second kappa shape index (κ2) is 8.04. The van der Waals surface area contributed by atoms with Crippen molar-refractivity contribution in [2.24, 2.45) is 0 Å². The van der Waals surface area contributed by atoms with Gasteiger partial charge in [-0.05, 0) is 30.7 Å². The number of carbonyl (C=O) groups excluding carboxylic acids is 1. The summed E-state index contributed by atoms with van der Waals surface area (Å²) < 4.78 is 0. The van der Waals surface area contributed by atoms with Crippen LogP contribution in [-0.4, -0.2) is 21.6 Å². The van der Waals surface area contributed by atoms with Crippen molar-refractivity contribution in [3.8, 4) is 0 Å². The monoisotopic (exact) mass is 391 g/mol. The van der Waals surface area contributed by atoms with Gasteiger partial charge in [-0.1, -0.05) is 59.2 Å². The van der Waals surface area contributed by atoms with Crippen LogP contribution in [0.3, 0.4) is 0 Å². The second-order valence-corrected chi connectivity index (χ2v) is 7.25. The van der Waals surface area contributed by atoms with Gasteiger partial charge in [-0.2, -0.15) is 0 Å². The van der Waals surface area contributed by atoms with Crippen molar-refractivity contribution >= 4 is 51.8 Å². The van der Waals surface area contributed by atoms with Crippen LogP contribution in [0, 0.1) is 0 Å². The smallest absolute Gasteiger partial charge is 0.230 e. The van der Waals surface area contributed by atoms with E-state index in [1.165, 1.54) is 18.1 Å². The molecule has 0 fully saturated rings. The van der Waals surface area contributed by atoms with Crippen LogP contribution in [0.2, 0.25) is 10.0 Å². The van der Waals surface area contributed by atoms with Crippen LogP contribution < -0.4 is 5.32 Å². The Morgan fingerprint density at radius 1 is 1.20 bits per heavy atom. The van der Waals surface area contributed by atoms with Gasteiger partial charge in [-0.3, -0.25) is 4.79 Å². The number of benzene rings is 2. The van der Waals surface area contributed by atoms with Gasteiger partial charge in [0.1, 0.15) is 11.4 Å². The largest absolute Gasteiger partial charge is 0.349 e. The van der Waals surface area contributed by atoms with E-state index in [2.05, 4.69) is 15.3 Å². The lowest BCUT2D eigenvalue weighted by Gasteiger charge is -2.16. The Kier molecular flexibility index (Phi) is 5.78. The Morgan fingerprint density at radius 2 is 2.00 bits per heavy atom. The molecule has 1 amide bonds. The third-order valence-electron chi connectivity index (χ3n) is 3.65. The molecule has 0 aliphatic rings. The van der Waals surface area contributed by atoms with Gasteiger partial charge in [0.15, 0.2) is 0 Å². The molecule has 2 aromatic carbocycles. The third kappa shape index (κ3) is 4.42. The molecule has 1 unspecified atom stereocenters. The lowest BCUT2D eigenvalue weighted by molar-refractivity contribution is -0.119. The normalized spacial score (nSPS) is 12.1. The minimum absolute atomic E-state index is 0.0915. The van der Waals surface area contributed by atoms with E-state index in [0.29, 0.717) is 10.0 Å². The van der Waals surface area contributed by atoms with Crippen LogP contribution in [0.4, 0.5) is 0 Å². The number of thioether (sulfide) groups is 1. The Labute approximate surface area is 160 Å². The topological polar surface area (TPSA) is 54.9 Å². The first-order chi connectivity index (χ1) is 12.0. The number of rotatable bonds is 5. The highest BCUT2D eigenvalue weighted by atomic mass is 35.5. The average molecular weight is 392 g/mol. The van der Waals surface area contributed by atoms with Gasteiger partial charge in [0, 0.05) is 15.4 Å². The molecule has 1 aromatic heterocycles. The number of amides is 1. The quantitative estimate of drug-likeness (QED) is 0.495. The Morgan fingerprint density at radius 3 is 2.80 bits per heavy atom. The predicted octanol–water partition coefficient (Wildman–Crippen LogP) is 4.91. The summed E-state index contributed by atoms with van der Waals surface area (Å²) in [6, 6.07) is 12.8. The maximum Gasteiger partial charge on any atom is 0.230 e. The van der Waals surface area contributed by atoms with Crippen molar-refractivity contribution in [1.29, 1.82) is 0 Å². The average Bonchev–Trinajstić information content (AvgIpc) is 2.59. The summed E-state index contributed by atoms with van der Waals surface area (Å²) in [7, 11) is 0. The summed E-state index contributed by atoms with van der Waals surface area (Å²) in [4.78, 5) is 20.8. The van der Waals surface area contributed by atoms with Crippen LogP contribution in [0.15, 0.2) is 53.8 Å². The van der Waals surface area contributed by atoms with E-state index in [9.17, 15) is 4.79 Å². The first kappa shape index (κ1) is 18.0. The summed E-state index contributed by atoms with van der Waals surface area (Å²) in [6.07, 6.45) is 1.51. The highest BCUT2D eigenvalue weighted by Crippen LogP contribution is 2.27. The van der Waals surface area contributed by atoms with E-state index in [1.807, 2.05) is 37.3 Å². The summed E-state index contributed by atoms with van der Waals surface area (Å²) in [5.41, 5.74) is 1.69. The maximum atomic E-state index is 12.3. The number of fused-ring (bicyclic) bond motifs is 1. The number of nitrogens with one attached hydrogen (secondary N) is 1. The fourth-order valence-corrected chi connectivity index (χ4v) is 3.82. The van der Waals surface area contributed by atoms with E-state index in [4.69, 9.17) is 23.2 Å². The highest BCUT2D eigenvalue weighted by Gasteiger charge is 2.14. The van der Waals surface area contributed by atoms with Crippen LogP contribution in [0.5, 0.6) is 0 Å². The lowest BCUT2D eigenvalue weighted by atomic mass is 10.1. The van der Waals surface area contributed by atoms with E-state index in [0.717, 1.165) is 21.5 Å². The Bertz CT molecular complexity index is 914. The molecule has 4 nitrogen and oxygen atoms in total. The molecule has 0 radical (unpaired) electrons. The Balaban J connectivity index is 1.64. The van der Waals surface area contributed by atoms with Crippen LogP contribution in [0.25, 0.3) is 10.9 Å². The second-order valence-electron chi connectivity index (χ2n) is 5.44. The fourth-order valence-electron chi connectivity index (χ4n) is 2.44. The van der Waals surface area contributed by atoms with Crippen molar-refractivity contribution < 1.29 is 4.79 Å². The van der Waals surface area contributed by atoms with E-state index < -0.39 is 0 Å². The van der Waals surface area contributed by atoms with Crippen LogP contribution in [0.1, 0.15) is 18.5 Å². The zero-order valence-corrected chi connectivity index (χ0v) is 15.7. The van der Waals surface area contributed by atoms with E-state index in [-0.39, 0.29) is 17.7 Å². The first-order valence-electron chi connectivity index (χ1n) is 7.61. The molecule has 128 valence electrons. The summed E-state index contributed by atoms with van der Waals surface area (Å²) in [6.45, 7) is 1.89. The van der Waals surface area contributed by atoms with Gasteiger partial charge in [-0.15, -0.1) is 0 Å². The van der Waals surface area contributed by atoms with Crippen molar-refractivity contribution in [1.82, 2.24) is 15.3 Å². The molecule has 7 heteroatoms. The third-order valence-corrected chi connectivity index (χ3v) is 5.22. The highest BCUT2D eigenvalue weighted by molar-refractivity contribution is 8.00. The standard InChI is InChI=1S/C18H15Cl2N3OS/c1-11(13-7-6-12(19)8-15(13)20)23-17(24)9-25-18-14-4-2-3-5-16(14)21-10-22-18/h2-8,10-11H,9H2,1H3,(H,23,24). The summed E-state index contributed by atoms with van der Waals surface area (Å²) in [5.74, 6) is 0.169. The van der Waals surface area contributed by atoms with E-state index in [1.54, 1.807) is 12.1 Å². The van der Waals surface area contributed by atoms with Gasteiger partial charge in [-0.25, -0.2) is 9.97 Å². The number of aromatic nitrogens is 2. The zero-order valence-electron chi connectivity index (χ0n) is 13.4. The molecule has 0 bridgehead atoms. The molecule has 3 aromatic rings. The number of hydrogen-bond donors (Lipinski definition) is 1. The van der Waals surface area contributed by atoms with Crippen molar-refractivity contribution in [3.05, 3.63) is 64.4 Å². The van der Waals surface area contributed by atoms with Gasteiger partial charge in [0.05, 0.1) is 17.3 Å². The zero-order chi connectivity index (χ0) is 17.8. The molecular weight excluding hydrogens is 377 g/mol. The minimum Gasteiger partial charge on any atom is -0.349 e. The Hall–Kier alpha value is -1.82. The van der Waals surface area contributed by atoms with Gasteiger partial charge >= 0.3 is 0 Å². The summed E-state index contributed by atoms with van der Waals surface area (Å²) >= 11 is 13.5. The molecule has 0 saturated heterocycles. The molecule has 25 heavy (non-hydrogen) atoms. The molecule has 0 saturated carbocycles. The molecule has 0 spiro atoms. The van der Waals surface area contributed by atoms with E-state index >= 15 is 0 Å². The molecule has 0 aliphatic heterocycles. The lowest BCUT2D eigenvalue weighted by Crippen LogP contribution is -2.28. The number of hydrogen-bond acceptors (Lipinski definition) is 4. The van der Waals surface area contributed by atoms with Crippen LogP contribution in [-0.2, 0) is 4.79 Å². The number of carbonyl (C=O) groups is 1. The van der Waals surface area contributed by atoms with Crippen LogP contribution >= 0.6 is 35.0 Å². The van der Waals surface area contributed by atoms with Crippen molar-refractivity contribution in [2.75, 3.05) is 5.75 Å². The van der Waals surface area contributed by atoms with Gasteiger partial charge < -0.3 is 5.32 Å². The fraction of sp³-hybridized carbons (Fsp3) is 0.167. The summed E-state index contributed by atoms with van der Waals surface area (Å²) in [5, 5.41) is 5.78. The first-order valence-corrected chi connectivity index (χ1v) is 9.35.